The van der Waals surface area contributed by atoms with Gasteiger partial charge in [0.2, 0.25) is 0 Å². The highest BCUT2D eigenvalue weighted by atomic mass is 16.5. The maximum absolute atomic E-state index is 11.6. The normalized spacial score (nSPS) is 11.6. The van der Waals surface area contributed by atoms with E-state index in [1.54, 1.807) is 0 Å². The van der Waals surface area contributed by atoms with Crippen LogP contribution in [0.4, 0.5) is 0 Å². The molecular formula is C14H24O3. The number of esters is 1. The molecule has 0 saturated heterocycles. The van der Waals surface area contributed by atoms with Gasteiger partial charge < -0.3 is 9.47 Å². The number of ether oxygens (including phenoxy) is 2. The van der Waals surface area contributed by atoms with Crippen molar-refractivity contribution in [1.29, 1.82) is 0 Å². The Morgan fingerprint density at radius 3 is 2.59 bits per heavy atom. The topological polar surface area (TPSA) is 35.5 Å². The zero-order valence-corrected chi connectivity index (χ0v) is 11.0. The van der Waals surface area contributed by atoms with Gasteiger partial charge in [0.15, 0.2) is 0 Å². The molecule has 0 spiro atoms. The number of hydrogen-bond donors (Lipinski definition) is 0. The van der Waals surface area contributed by atoms with E-state index in [0.717, 1.165) is 19.3 Å². The van der Waals surface area contributed by atoms with Crippen LogP contribution in [-0.2, 0) is 14.3 Å². The average molecular weight is 240 g/mol. The molecule has 0 fully saturated rings. The van der Waals surface area contributed by atoms with E-state index >= 15 is 0 Å². The summed E-state index contributed by atoms with van der Waals surface area (Å²) in [7, 11) is 0. The molecule has 1 unspecified atom stereocenters. The van der Waals surface area contributed by atoms with E-state index in [9.17, 15) is 4.79 Å². The molecule has 98 valence electrons. The zero-order valence-electron chi connectivity index (χ0n) is 11.0. The third kappa shape index (κ3) is 7.61. The van der Waals surface area contributed by atoms with Gasteiger partial charge >= 0.3 is 5.97 Å². The summed E-state index contributed by atoms with van der Waals surface area (Å²) < 4.78 is 10.2. The van der Waals surface area contributed by atoms with Crippen molar-refractivity contribution in [3.63, 3.8) is 0 Å². The third-order valence-electron chi connectivity index (χ3n) is 2.52. The Hall–Kier alpha value is -1.25. The minimum absolute atomic E-state index is 0.00506. The number of unbranched alkanes of at least 4 members (excludes halogenated alkanes) is 2. The zero-order chi connectivity index (χ0) is 13.1. The fraction of sp³-hybridized carbons (Fsp3) is 0.643. The summed E-state index contributed by atoms with van der Waals surface area (Å²) in [6, 6.07) is 0. The monoisotopic (exact) mass is 240 g/mol. The second-order valence-electron chi connectivity index (χ2n) is 4.01. The van der Waals surface area contributed by atoms with E-state index in [4.69, 9.17) is 9.47 Å². The first kappa shape index (κ1) is 15.8. The Kier molecular flexibility index (Phi) is 9.21. The van der Waals surface area contributed by atoms with Crippen molar-refractivity contribution in [2.75, 3.05) is 6.61 Å². The average Bonchev–Trinajstić information content (AvgIpc) is 2.34. The van der Waals surface area contributed by atoms with Crippen molar-refractivity contribution in [3.8, 4) is 0 Å². The molecule has 0 N–H and O–H groups in total. The third-order valence-corrected chi connectivity index (χ3v) is 2.52. The van der Waals surface area contributed by atoms with Crippen molar-refractivity contribution in [1.82, 2.24) is 0 Å². The SMILES string of the molecule is C=COCC(=C)C(=O)OC(CC)CCCCC. The van der Waals surface area contributed by atoms with Crippen LogP contribution in [0.15, 0.2) is 25.0 Å². The molecule has 3 heteroatoms. The van der Waals surface area contributed by atoms with Crippen molar-refractivity contribution >= 4 is 5.97 Å². The second-order valence-corrected chi connectivity index (χ2v) is 4.01. The lowest BCUT2D eigenvalue weighted by atomic mass is 10.1. The number of carbonyl (C=O) groups is 1. The summed E-state index contributed by atoms with van der Waals surface area (Å²) >= 11 is 0. The minimum Gasteiger partial charge on any atom is -0.497 e. The van der Waals surface area contributed by atoms with Crippen LogP contribution in [0.2, 0.25) is 0 Å². The summed E-state index contributed by atoms with van der Waals surface area (Å²) in [5.74, 6) is -0.366. The lowest BCUT2D eigenvalue weighted by Crippen LogP contribution is -2.20. The van der Waals surface area contributed by atoms with Crippen molar-refractivity contribution in [2.45, 2.75) is 52.1 Å². The van der Waals surface area contributed by atoms with Crippen LogP contribution < -0.4 is 0 Å². The Bertz CT molecular complexity index is 246. The summed E-state index contributed by atoms with van der Waals surface area (Å²) in [6.45, 7) is 11.4. The fourth-order valence-corrected chi connectivity index (χ4v) is 1.42. The Labute approximate surface area is 104 Å². The first-order valence-corrected chi connectivity index (χ1v) is 6.26. The maximum Gasteiger partial charge on any atom is 0.337 e. The predicted molar refractivity (Wildman–Crippen MR) is 69.6 cm³/mol. The molecule has 0 radical (unpaired) electrons. The highest BCUT2D eigenvalue weighted by molar-refractivity contribution is 5.88. The highest BCUT2D eigenvalue weighted by Gasteiger charge is 2.15. The number of hydrogen-bond acceptors (Lipinski definition) is 3. The van der Waals surface area contributed by atoms with Crippen LogP contribution in [0.25, 0.3) is 0 Å². The van der Waals surface area contributed by atoms with Crippen molar-refractivity contribution in [2.24, 2.45) is 0 Å². The van der Waals surface area contributed by atoms with Crippen LogP contribution in [-0.4, -0.2) is 18.7 Å². The molecule has 0 aliphatic heterocycles. The molecule has 0 aromatic carbocycles. The predicted octanol–water partition coefficient (Wildman–Crippen LogP) is 3.60. The van der Waals surface area contributed by atoms with Gasteiger partial charge in [-0.25, -0.2) is 4.79 Å². The van der Waals surface area contributed by atoms with Gasteiger partial charge in [-0.05, 0) is 19.3 Å². The first-order chi connectivity index (χ1) is 8.15. The Morgan fingerprint density at radius 1 is 1.35 bits per heavy atom. The number of rotatable bonds is 10. The van der Waals surface area contributed by atoms with Gasteiger partial charge in [-0.1, -0.05) is 39.8 Å². The molecule has 0 amide bonds. The summed E-state index contributed by atoms with van der Waals surface area (Å²) in [6.07, 6.45) is 6.49. The summed E-state index contributed by atoms with van der Waals surface area (Å²) in [5, 5.41) is 0. The van der Waals surface area contributed by atoms with Gasteiger partial charge in [-0.2, -0.15) is 0 Å². The maximum atomic E-state index is 11.6. The molecule has 0 aromatic rings. The molecule has 0 saturated carbocycles. The van der Waals surface area contributed by atoms with Gasteiger partial charge in [0.25, 0.3) is 0 Å². The van der Waals surface area contributed by atoms with Gasteiger partial charge in [0.05, 0.1) is 11.8 Å². The fourth-order valence-electron chi connectivity index (χ4n) is 1.42. The molecule has 0 bridgehead atoms. The van der Waals surface area contributed by atoms with Crippen molar-refractivity contribution < 1.29 is 14.3 Å². The van der Waals surface area contributed by atoms with Gasteiger partial charge in [-0.3, -0.25) is 0 Å². The van der Waals surface area contributed by atoms with E-state index in [1.807, 2.05) is 6.92 Å². The molecule has 3 nitrogen and oxygen atoms in total. The van der Waals surface area contributed by atoms with Crippen molar-refractivity contribution in [3.05, 3.63) is 25.0 Å². The van der Waals surface area contributed by atoms with Crippen LogP contribution in [0.3, 0.4) is 0 Å². The molecular weight excluding hydrogens is 216 g/mol. The molecule has 17 heavy (non-hydrogen) atoms. The van der Waals surface area contributed by atoms with E-state index in [1.165, 1.54) is 19.1 Å². The Morgan fingerprint density at radius 2 is 2.06 bits per heavy atom. The molecule has 0 aromatic heterocycles. The lowest BCUT2D eigenvalue weighted by molar-refractivity contribution is -0.145. The summed E-state index contributed by atoms with van der Waals surface area (Å²) in [4.78, 5) is 11.6. The minimum atomic E-state index is -0.366. The standard InChI is InChI=1S/C14H24O3/c1-5-8-9-10-13(6-2)17-14(15)12(4)11-16-7-3/h7,13H,3-6,8-11H2,1-2H3. The van der Waals surface area contributed by atoms with Crippen LogP contribution in [0.5, 0.6) is 0 Å². The molecule has 0 rings (SSSR count). The van der Waals surface area contributed by atoms with E-state index in [0.29, 0.717) is 5.57 Å². The summed E-state index contributed by atoms with van der Waals surface area (Å²) in [5.41, 5.74) is 0.332. The smallest absolute Gasteiger partial charge is 0.337 e. The van der Waals surface area contributed by atoms with Crippen LogP contribution in [0.1, 0.15) is 46.0 Å². The van der Waals surface area contributed by atoms with Gasteiger partial charge in [0, 0.05) is 0 Å². The first-order valence-electron chi connectivity index (χ1n) is 6.26. The largest absolute Gasteiger partial charge is 0.497 e. The van der Waals surface area contributed by atoms with E-state index in [-0.39, 0.29) is 18.7 Å². The van der Waals surface area contributed by atoms with E-state index < -0.39 is 0 Å². The molecule has 0 heterocycles. The van der Waals surface area contributed by atoms with Crippen LogP contribution in [0, 0.1) is 0 Å². The second kappa shape index (κ2) is 9.94. The quantitative estimate of drug-likeness (QED) is 0.253. The number of carbonyl (C=O) groups excluding carboxylic acids is 1. The molecule has 1 atom stereocenters. The lowest BCUT2D eigenvalue weighted by Gasteiger charge is -2.16. The molecule has 0 aliphatic rings. The van der Waals surface area contributed by atoms with Crippen LogP contribution >= 0.6 is 0 Å². The van der Waals surface area contributed by atoms with Gasteiger partial charge in [-0.15, -0.1) is 0 Å². The Balaban J connectivity index is 3.95. The van der Waals surface area contributed by atoms with Gasteiger partial charge in [0.1, 0.15) is 12.7 Å². The molecule has 0 aliphatic carbocycles. The van der Waals surface area contributed by atoms with E-state index in [2.05, 4.69) is 20.1 Å². The highest BCUT2D eigenvalue weighted by Crippen LogP contribution is 2.12.